The Hall–Kier alpha value is -1.63. The van der Waals surface area contributed by atoms with E-state index >= 15 is 0 Å². The van der Waals surface area contributed by atoms with Gasteiger partial charge in [-0.3, -0.25) is 0 Å². The van der Waals surface area contributed by atoms with Gasteiger partial charge in [0, 0.05) is 7.05 Å². The Labute approximate surface area is 173 Å². The number of aromatic nitrogens is 2. The summed E-state index contributed by atoms with van der Waals surface area (Å²) in [6.07, 6.45) is 4.98. The molecule has 4 rings (SSSR count). The molecule has 3 nitrogen and oxygen atoms in total. The maximum atomic E-state index is 4.48. The zero-order valence-corrected chi connectivity index (χ0v) is 18.4. The van der Waals surface area contributed by atoms with E-state index in [-0.39, 0.29) is 5.41 Å². The van der Waals surface area contributed by atoms with Crippen LogP contribution in [-0.4, -0.2) is 16.4 Å². The molecule has 27 heavy (non-hydrogen) atoms. The summed E-state index contributed by atoms with van der Waals surface area (Å²) >= 11 is 5.06. The van der Waals surface area contributed by atoms with Crippen molar-refractivity contribution in [3.05, 3.63) is 58.2 Å². The molecule has 0 spiro atoms. The van der Waals surface area contributed by atoms with Crippen molar-refractivity contribution in [2.24, 2.45) is 5.41 Å². The van der Waals surface area contributed by atoms with Gasteiger partial charge in [-0.15, -0.1) is 11.3 Å². The van der Waals surface area contributed by atoms with Crippen LogP contribution in [0.15, 0.2) is 46.2 Å². The summed E-state index contributed by atoms with van der Waals surface area (Å²) in [5.74, 6) is 0.428. The lowest BCUT2D eigenvalue weighted by atomic mass is 9.73. The molecule has 1 unspecified atom stereocenters. The van der Waals surface area contributed by atoms with Crippen LogP contribution >= 0.6 is 34.8 Å². The average molecular weight is 414 g/mol. The summed E-state index contributed by atoms with van der Waals surface area (Å²) in [6.45, 7) is 7.10. The smallest absolute Gasteiger partial charge is 0.139 e. The first kappa shape index (κ1) is 18.7. The highest BCUT2D eigenvalue weighted by Crippen LogP contribution is 2.50. The van der Waals surface area contributed by atoms with Gasteiger partial charge < -0.3 is 4.31 Å². The van der Waals surface area contributed by atoms with Gasteiger partial charge in [0.1, 0.15) is 11.3 Å². The van der Waals surface area contributed by atoms with E-state index in [1.165, 1.54) is 38.1 Å². The SMILES string of the molecule is CC1c2c(cccc2N(C)Sc2cccs2)C=C(c2ncns2)CC1(C)C. The summed E-state index contributed by atoms with van der Waals surface area (Å²) in [5.41, 5.74) is 5.44. The molecule has 0 saturated carbocycles. The maximum absolute atomic E-state index is 4.48. The van der Waals surface area contributed by atoms with Crippen LogP contribution in [0.5, 0.6) is 0 Å². The van der Waals surface area contributed by atoms with E-state index in [4.69, 9.17) is 0 Å². The second-order valence-electron chi connectivity index (χ2n) is 7.60. The maximum Gasteiger partial charge on any atom is 0.139 e. The van der Waals surface area contributed by atoms with Crippen LogP contribution in [0.25, 0.3) is 11.6 Å². The number of hydrogen-bond acceptors (Lipinski definition) is 6. The Kier molecular flexibility index (Phi) is 5.14. The Morgan fingerprint density at radius 2 is 2.07 bits per heavy atom. The van der Waals surface area contributed by atoms with Gasteiger partial charge in [0.25, 0.3) is 0 Å². The summed E-state index contributed by atoms with van der Waals surface area (Å²) < 4.78 is 7.83. The molecular weight excluding hydrogens is 390 g/mol. The Morgan fingerprint density at radius 3 is 2.78 bits per heavy atom. The van der Waals surface area contributed by atoms with Crippen LogP contribution in [0.4, 0.5) is 5.69 Å². The molecule has 0 amide bonds. The van der Waals surface area contributed by atoms with Crippen molar-refractivity contribution in [1.29, 1.82) is 0 Å². The first-order valence-electron chi connectivity index (χ1n) is 9.01. The topological polar surface area (TPSA) is 29.0 Å². The first-order valence-corrected chi connectivity index (χ1v) is 11.4. The fraction of sp³-hybridized carbons (Fsp3) is 0.333. The molecule has 1 aliphatic rings. The fourth-order valence-corrected chi connectivity index (χ4v) is 5.99. The minimum absolute atomic E-state index is 0.132. The van der Waals surface area contributed by atoms with E-state index < -0.39 is 0 Å². The van der Waals surface area contributed by atoms with E-state index in [1.807, 2.05) is 0 Å². The zero-order chi connectivity index (χ0) is 19.0. The molecule has 0 saturated heterocycles. The van der Waals surface area contributed by atoms with Gasteiger partial charge in [0.2, 0.25) is 0 Å². The third kappa shape index (κ3) is 3.71. The van der Waals surface area contributed by atoms with Crippen LogP contribution in [0.2, 0.25) is 0 Å². The van der Waals surface area contributed by atoms with Crippen molar-refractivity contribution in [1.82, 2.24) is 9.36 Å². The monoisotopic (exact) mass is 413 g/mol. The van der Waals surface area contributed by atoms with Crippen molar-refractivity contribution in [3.63, 3.8) is 0 Å². The van der Waals surface area contributed by atoms with Crippen molar-refractivity contribution in [2.75, 3.05) is 11.4 Å². The number of nitrogens with zero attached hydrogens (tertiary/aromatic N) is 3. The van der Waals surface area contributed by atoms with Gasteiger partial charge in [0.15, 0.2) is 0 Å². The molecule has 6 heteroatoms. The molecule has 1 aliphatic carbocycles. The molecule has 140 valence electrons. The van der Waals surface area contributed by atoms with Crippen molar-refractivity contribution >= 4 is 52.2 Å². The Balaban J connectivity index is 1.81. The summed E-state index contributed by atoms with van der Waals surface area (Å²) in [4.78, 5) is 4.48. The molecule has 3 aromatic rings. The summed E-state index contributed by atoms with van der Waals surface area (Å²) in [7, 11) is 2.17. The lowest BCUT2D eigenvalue weighted by Gasteiger charge is -2.34. The number of benzene rings is 1. The molecule has 0 radical (unpaired) electrons. The third-order valence-corrected chi connectivity index (χ3v) is 8.10. The lowest BCUT2D eigenvalue weighted by molar-refractivity contribution is 0.312. The molecular formula is C21H23N3S3. The number of anilines is 1. The highest BCUT2D eigenvalue weighted by atomic mass is 32.2. The quantitative estimate of drug-likeness (QED) is 0.439. The van der Waals surface area contributed by atoms with Gasteiger partial charge >= 0.3 is 0 Å². The van der Waals surface area contributed by atoms with Gasteiger partial charge in [-0.2, -0.15) is 4.37 Å². The number of thiophene rings is 1. The van der Waals surface area contributed by atoms with Gasteiger partial charge in [-0.25, -0.2) is 4.98 Å². The van der Waals surface area contributed by atoms with Crippen molar-refractivity contribution in [3.8, 4) is 0 Å². The first-order chi connectivity index (χ1) is 13.0. The van der Waals surface area contributed by atoms with E-state index in [1.54, 1.807) is 29.6 Å². The standard InChI is InChI=1S/C21H23N3S3/c1-14-19-15(11-16(12-21(14,2)3)20-22-13-23-26-20)7-5-8-17(19)24(4)27-18-9-6-10-25-18/h5-11,13-14H,12H2,1-4H3. The minimum Gasteiger partial charge on any atom is -0.314 e. The van der Waals surface area contributed by atoms with Gasteiger partial charge in [-0.1, -0.05) is 39.0 Å². The van der Waals surface area contributed by atoms with Gasteiger partial charge in [0.05, 0.1) is 9.90 Å². The number of allylic oxidation sites excluding steroid dienone is 1. The molecule has 0 N–H and O–H groups in total. The highest BCUT2D eigenvalue weighted by Gasteiger charge is 2.35. The van der Waals surface area contributed by atoms with E-state index in [0.29, 0.717) is 5.92 Å². The van der Waals surface area contributed by atoms with E-state index in [9.17, 15) is 0 Å². The largest absolute Gasteiger partial charge is 0.314 e. The van der Waals surface area contributed by atoms with Crippen molar-refractivity contribution < 1.29 is 0 Å². The molecule has 0 fully saturated rings. The van der Waals surface area contributed by atoms with Crippen LogP contribution < -0.4 is 4.31 Å². The average Bonchev–Trinajstić information content (AvgIpc) is 3.32. The van der Waals surface area contributed by atoms with Crippen LogP contribution in [0.3, 0.4) is 0 Å². The molecule has 2 aromatic heterocycles. The van der Waals surface area contributed by atoms with Crippen LogP contribution in [0.1, 0.15) is 49.2 Å². The van der Waals surface area contributed by atoms with Crippen LogP contribution in [-0.2, 0) is 0 Å². The number of hydrogen-bond donors (Lipinski definition) is 0. The van der Waals surface area contributed by atoms with E-state index in [2.05, 4.69) is 83.3 Å². The molecule has 1 aromatic carbocycles. The molecule has 2 heterocycles. The molecule has 0 aliphatic heterocycles. The Bertz CT molecular complexity index is 943. The Morgan fingerprint density at radius 1 is 1.22 bits per heavy atom. The normalized spacial score (nSPS) is 18.5. The van der Waals surface area contributed by atoms with Crippen LogP contribution in [0, 0.1) is 5.41 Å². The lowest BCUT2D eigenvalue weighted by Crippen LogP contribution is -2.22. The zero-order valence-electron chi connectivity index (χ0n) is 16.0. The molecule has 1 atom stereocenters. The minimum atomic E-state index is 0.132. The fourth-order valence-electron chi connectivity index (χ4n) is 3.67. The number of rotatable bonds is 4. The third-order valence-electron chi connectivity index (χ3n) is 5.40. The summed E-state index contributed by atoms with van der Waals surface area (Å²) in [5, 5.41) is 3.17. The second kappa shape index (κ2) is 7.41. The number of fused-ring (bicyclic) bond motifs is 1. The van der Waals surface area contributed by atoms with Gasteiger partial charge in [-0.05, 0) is 81.5 Å². The molecule has 0 bridgehead atoms. The highest BCUT2D eigenvalue weighted by molar-refractivity contribution is 8.02. The van der Waals surface area contributed by atoms with Crippen molar-refractivity contribution in [2.45, 2.75) is 37.3 Å². The second-order valence-corrected chi connectivity index (χ2v) is 10.8. The van der Waals surface area contributed by atoms with E-state index in [0.717, 1.165) is 11.4 Å². The predicted molar refractivity (Wildman–Crippen MR) is 120 cm³/mol. The predicted octanol–water partition coefficient (Wildman–Crippen LogP) is 6.82. The summed E-state index contributed by atoms with van der Waals surface area (Å²) in [6, 6.07) is 10.9.